The first-order chi connectivity index (χ1) is 18.8. The Morgan fingerprint density at radius 3 is 2.62 bits per heavy atom. The summed E-state index contributed by atoms with van der Waals surface area (Å²) in [4.78, 5) is 51.3. The van der Waals surface area contributed by atoms with Crippen molar-refractivity contribution in [2.75, 3.05) is 17.2 Å². The number of benzene rings is 2. The minimum absolute atomic E-state index is 0.0732. The minimum Gasteiger partial charge on any atom is -0.343 e. The molecule has 196 valence electrons. The second-order valence-electron chi connectivity index (χ2n) is 8.62. The van der Waals surface area contributed by atoms with Crippen LogP contribution >= 0.6 is 11.3 Å². The molecular formula is C28H20F2N4O4S. The third kappa shape index (κ3) is 5.68. The highest BCUT2D eigenvalue weighted by Gasteiger charge is 2.25. The van der Waals surface area contributed by atoms with Gasteiger partial charge in [-0.05, 0) is 65.6 Å². The molecule has 3 N–H and O–H groups in total. The number of aromatic nitrogens is 1. The van der Waals surface area contributed by atoms with E-state index in [1.54, 1.807) is 24.3 Å². The Labute approximate surface area is 224 Å². The van der Waals surface area contributed by atoms with E-state index in [1.807, 2.05) is 17.5 Å². The fraction of sp³-hybridized carbons (Fsp3) is 0.0714. The molecule has 0 saturated carbocycles. The Hall–Kier alpha value is -4.90. The summed E-state index contributed by atoms with van der Waals surface area (Å²) in [7, 11) is 0. The lowest BCUT2D eigenvalue weighted by Crippen LogP contribution is -2.37. The Balaban J connectivity index is 1.23. The molecule has 2 aromatic carbocycles. The fourth-order valence-electron chi connectivity index (χ4n) is 4.05. The smallest absolute Gasteiger partial charge is 0.263 e. The summed E-state index contributed by atoms with van der Waals surface area (Å²) in [5.41, 5.74) is 1.64. The van der Waals surface area contributed by atoms with Gasteiger partial charge in [0.05, 0.1) is 18.7 Å². The van der Waals surface area contributed by atoms with E-state index in [-0.39, 0.29) is 18.0 Å². The first-order valence-electron chi connectivity index (χ1n) is 11.7. The second kappa shape index (κ2) is 10.8. The van der Waals surface area contributed by atoms with Gasteiger partial charge in [-0.1, -0.05) is 12.1 Å². The lowest BCUT2D eigenvalue weighted by molar-refractivity contribution is -0.115. The number of nitrogens with zero attached hydrogens (tertiary/aromatic N) is 1. The Morgan fingerprint density at radius 1 is 1.00 bits per heavy atom. The number of hydrogen-bond donors (Lipinski definition) is 3. The maximum Gasteiger partial charge on any atom is 0.263 e. The lowest BCUT2D eigenvalue weighted by atomic mass is 10.1. The fourth-order valence-corrected chi connectivity index (χ4v) is 4.71. The van der Waals surface area contributed by atoms with Crippen LogP contribution < -0.4 is 21.5 Å². The third-order valence-corrected chi connectivity index (χ3v) is 6.75. The van der Waals surface area contributed by atoms with Crippen LogP contribution in [-0.2, 0) is 16.1 Å². The molecule has 0 atom stereocenters. The number of thiophene rings is 1. The molecule has 0 fully saturated rings. The number of anilines is 2. The molecule has 8 nitrogen and oxygen atoms in total. The molecule has 2 aromatic heterocycles. The van der Waals surface area contributed by atoms with Crippen LogP contribution in [0.25, 0.3) is 11.6 Å². The van der Waals surface area contributed by atoms with Crippen LogP contribution in [0.4, 0.5) is 20.2 Å². The number of amides is 3. The summed E-state index contributed by atoms with van der Waals surface area (Å²) in [5.74, 6) is -3.59. The number of halogens is 2. The van der Waals surface area contributed by atoms with E-state index in [2.05, 4.69) is 16.0 Å². The van der Waals surface area contributed by atoms with Gasteiger partial charge in [-0.15, -0.1) is 11.3 Å². The molecule has 39 heavy (non-hydrogen) atoms. The summed E-state index contributed by atoms with van der Waals surface area (Å²) >= 11 is 1.49. The molecule has 0 bridgehead atoms. The van der Waals surface area contributed by atoms with Crippen molar-refractivity contribution in [3.05, 3.63) is 116 Å². The van der Waals surface area contributed by atoms with Gasteiger partial charge in [0, 0.05) is 28.0 Å². The highest BCUT2D eigenvalue weighted by atomic mass is 32.1. The van der Waals surface area contributed by atoms with Crippen LogP contribution in [0.3, 0.4) is 0 Å². The number of hydrogen-bond acceptors (Lipinski definition) is 5. The number of pyridine rings is 1. The van der Waals surface area contributed by atoms with E-state index in [0.29, 0.717) is 28.1 Å². The molecule has 3 amide bonds. The predicted octanol–water partition coefficient (Wildman–Crippen LogP) is 4.10. The van der Waals surface area contributed by atoms with Crippen molar-refractivity contribution in [3.8, 4) is 0 Å². The van der Waals surface area contributed by atoms with Gasteiger partial charge >= 0.3 is 0 Å². The molecule has 11 heteroatoms. The summed E-state index contributed by atoms with van der Waals surface area (Å²) in [6.45, 7) is -0.487. The molecule has 0 radical (unpaired) electrons. The SMILES string of the molecule is O=C(CNC(=O)c1cccn(Cc2ccc(F)c(F)c2)c1=O)Nc1ccc2c(c1)/C(=C/c1cccs1)C(=O)N2. The average molecular weight is 547 g/mol. The first kappa shape index (κ1) is 25.7. The van der Waals surface area contributed by atoms with Crippen LogP contribution in [0.1, 0.15) is 26.4 Å². The number of carbonyl (C=O) groups excluding carboxylic acids is 3. The molecule has 3 heterocycles. The Kier molecular flexibility index (Phi) is 7.15. The summed E-state index contributed by atoms with van der Waals surface area (Å²) in [6, 6.07) is 14.8. The van der Waals surface area contributed by atoms with Crippen molar-refractivity contribution < 1.29 is 23.2 Å². The van der Waals surface area contributed by atoms with Crippen molar-refractivity contribution in [2.24, 2.45) is 0 Å². The van der Waals surface area contributed by atoms with Crippen molar-refractivity contribution in [1.82, 2.24) is 9.88 Å². The van der Waals surface area contributed by atoms with Crippen molar-refractivity contribution in [2.45, 2.75) is 6.54 Å². The molecule has 1 aliphatic rings. The molecule has 0 aliphatic carbocycles. The van der Waals surface area contributed by atoms with Crippen LogP contribution in [0, 0.1) is 11.6 Å². The number of nitrogens with one attached hydrogen (secondary N) is 3. The van der Waals surface area contributed by atoms with Crippen LogP contribution in [0.5, 0.6) is 0 Å². The van der Waals surface area contributed by atoms with E-state index in [1.165, 1.54) is 40.3 Å². The molecule has 1 aliphatic heterocycles. The van der Waals surface area contributed by atoms with Gasteiger partial charge in [-0.25, -0.2) is 8.78 Å². The monoisotopic (exact) mass is 546 g/mol. The first-order valence-corrected chi connectivity index (χ1v) is 12.6. The largest absolute Gasteiger partial charge is 0.343 e. The van der Waals surface area contributed by atoms with Crippen LogP contribution in [0.2, 0.25) is 0 Å². The maximum atomic E-state index is 13.5. The second-order valence-corrected chi connectivity index (χ2v) is 9.60. The number of fused-ring (bicyclic) bond motifs is 1. The summed E-state index contributed by atoms with van der Waals surface area (Å²) in [6.07, 6.45) is 3.19. The van der Waals surface area contributed by atoms with E-state index >= 15 is 0 Å². The molecule has 0 unspecified atom stereocenters. The molecule has 0 saturated heterocycles. The zero-order valence-electron chi connectivity index (χ0n) is 20.2. The molecule has 5 rings (SSSR count). The van der Waals surface area contributed by atoms with Gasteiger partial charge in [0.25, 0.3) is 17.4 Å². The highest BCUT2D eigenvalue weighted by Crippen LogP contribution is 2.35. The minimum atomic E-state index is -1.04. The third-order valence-electron chi connectivity index (χ3n) is 5.93. The van der Waals surface area contributed by atoms with Crippen molar-refractivity contribution in [1.29, 1.82) is 0 Å². The van der Waals surface area contributed by atoms with Gasteiger partial charge in [-0.3, -0.25) is 19.2 Å². The number of carbonyl (C=O) groups is 3. The van der Waals surface area contributed by atoms with E-state index in [9.17, 15) is 28.0 Å². The quantitative estimate of drug-likeness (QED) is 0.303. The van der Waals surface area contributed by atoms with Crippen molar-refractivity contribution in [3.63, 3.8) is 0 Å². The maximum absolute atomic E-state index is 13.5. The molecular weight excluding hydrogens is 526 g/mol. The van der Waals surface area contributed by atoms with Crippen molar-refractivity contribution >= 4 is 52.1 Å². The Morgan fingerprint density at radius 2 is 1.85 bits per heavy atom. The van der Waals surface area contributed by atoms with Gasteiger partial charge < -0.3 is 20.5 Å². The highest BCUT2D eigenvalue weighted by molar-refractivity contribution is 7.11. The molecule has 4 aromatic rings. The topological polar surface area (TPSA) is 109 Å². The van der Waals surface area contributed by atoms with Gasteiger partial charge in [0.1, 0.15) is 5.56 Å². The average Bonchev–Trinajstić information content (AvgIpc) is 3.54. The lowest BCUT2D eigenvalue weighted by Gasteiger charge is -2.10. The molecule has 0 spiro atoms. The predicted molar refractivity (Wildman–Crippen MR) is 144 cm³/mol. The zero-order chi connectivity index (χ0) is 27.5. The van der Waals surface area contributed by atoms with E-state index in [4.69, 9.17) is 0 Å². The van der Waals surface area contributed by atoms with E-state index < -0.39 is 35.6 Å². The van der Waals surface area contributed by atoms with E-state index in [0.717, 1.165) is 17.0 Å². The Bertz CT molecular complexity index is 1700. The van der Waals surface area contributed by atoms with Crippen LogP contribution in [0.15, 0.2) is 77.0 Å². The van der Waals surface area contributed by atoms with Gasteiger partial charge in [0.2, 0.25) is 5.91 Å². The van der Waals surface area contributed by atoms with Crippen LogP contribution in [-0.4, -0.2) is 28.8 Å². The number of rotatable bonds is 7. The zero-order valence-corrected chi connectivity index (χ0v) is 21.0. The van der Waals surface area contributed by atoms with Gasteiger partial charge in [-0.2, -0.15) is 0 Å². The standard InChI is InChI=1S/C28H20F2N4O4S/c29-22-7-5-16(11-23(22)30)15-34-9-1-4-19(28(34)38)26(36)31-14-25(35)32-17-6-8-24-20(12-17)21(27(37)33-24)13-18-3-2-10-39-18/h1-13H,14-15H2,(H,31,36)(H,32,35)(H,33,37)/b21-13-. The summed E-state index contributed by atoms with van der Waals surface area (Å²) in [5, 5.41) is 9.78. The van der Waals surface area contributed by atoms with Gasteiger partial charge in [0.15, 0.2) is 11.6 Å². The summed E-state index contributed by atoms with van der Waals surface area (Å²) < 4.78 is 27.9. The normalized spacial score (nSPS) is 13.2.